The zero-order valence-electron chi connectivity index (χ0n) is 13.8. The standard InChI is InChI=1S/C19H20N4O/c1-4-15(11-16-8-9-20-13(16)2)12-21-19(24)18-14(3)22-17-7-5-6-10-23(17)18/h4-11,20H,2,12H2,1,3H3,(H,21,24). The Kier molecular flexibility index (Phi) is 4.33. The molecule has 3 heterocycles. The highest BCUT2D eigenvalue weighted by Crippen LogP contribution is 2.11. The third-order valence-electron chi connectivity index (χ3n) is 3.95. The SMILES string of the molecule is C=c1[nH]ccc1=CC(=CC)CNC(=O)c1c(C)nc2ccccn12. The summed E-state index contributed by atoms with van der Waals surface area (Å²) in [6, 6.07) is 7.64. The van der Waals surface area contributed by atoms with Crippen LogP contribution >= 0.6 is 0 Å². The third-order valence-corrected chi connectivity index (χ3v) is 3.95. The van der Waals surface area contributed by atoms with Crippen molar-refractivity contribution in [3.05, 3.63) is 70.3 Å². The number of imidazole rings is 1. The molecule has 3 aromatic heterocycles. The second kappa shape index (κ2) is 6.58. The number of rotatable bonds is 4. The molecule has 0 fully saturated rings. The van der Waals surface area contributed by atoms with Crippen molar-refractivity contribution in [3.8, 4) is 0 Å². The van der Waals surface area contributed by atoms with E-state index in [1.165, 1.54) is 0 Å². The topological polar surface area (TPSA) is 62.2 Å². The van der Waals surface area contributed by atoms with Gasteiger partial charge in [0, 0.05) is 24.3 Å². The molecule has 0 bridgehead atoms. The number of pyridine rings is 1. The van der Waals surface area contributed by atoms with Crippen LogP contribution in [0.4, 0.5) is 0 Å². The Morgan fingerprint density at radius 2 is 2.25 bits per heavy atom. The average molecular weight is 320 g/mol. The maximum absolute atomic E-state index is 12.6. The number of carbonyl (C=O) groups is 1. The number of hydrogen-bond donors (Lipinski definition) is 2. The molecule has 1 amide bonds. The number of hydrogen-bond acceptors (Lipinski definition) is 2. The zero-order chi connectivity index (χ0) is 17.1. The van der Waals surface area contributed by atoms with E-state index in [9.17, 15) is 4.79 Å². The predicted octanol–water partition coefficient (Wildman–Crippen LogP) is 1.54. The lowest BCUT2D eigenvalue weighted by atomic mass is 10.2. The van der Waals surface area contributed by atoms with Crippen molar-refractivity contribution in [1.29, 1.82) is 0 Å². The quantitative estimate of drug-likeness (QED) is 0.766. The Balaban J connectivity index is 1.81. The molecule has 0 atom stereocenters. The Labute approximate surface area is 140 Å². The van der Waals surface area contributed by atoms with Gasteiger partial charge in [-0.2, -0.15) is 0 Å². The van der Waals surface area contributed by atoms with Crippen LogP contribution in [0.15, 0.2) is 48.3 Å². The van der Waals surface area contributed by atoms with Crippen molar-refractivity contribution >= 4 is 24.2 Å². The van der Waals surface area contributed by atoms with Crippen LogP contribution in [0.1, 0.15) is 23.1 Å². The maximum Gasteiger partial charge on any atom is 0.270 e. The molecule has 0 aliphatic carbocycles. The van der Waals surface area contributed by atoms with E-state index in [-0.39, 0.29) is 5.91 Å². The van der Waals surface area contributed by atoms with Gasteiger partial charge in [-0.15, -0.1) is 0 Å². The van der Waals surface area contributed by atoms with Gasteiger partial charge in [0.2, 0.25) is 0 Å². The lowest BCUT2D eigenvalue weighted by molar-refractivity contribution is 0.0951. The van der Waals surface area contributed by atoms with Gasteiger partial charge in [0.1, 0.15) is 11.3 Å². The molecular weight excluding hydrogens is 300 g/mol. The second-order valence-corrected chi connectivity index (χ2v) is 5.58. The van der Waals surface area contributed by atoms with Crippen molar-refractivity contribution in [2.75, 3.05) is 6.54 Å². The van der Waals surface area contributed by atoms with E-state index in [1.54, 1.807) is 0 Å². The molecule has 3 aromatic rings. The number of H-pyrrole nitrogens is 1. The molecule has 0 spiro atoms. The first-order valence-electron chi connectivity index (χ1n) is 7.81. The van der Waals surface area contributed by atoms with Gasteiger partial charge in [-0.25, -0.2) is 4.98 Å². The molecule has 122 valence electrons. The summed E-state index contributed by atoms with van der Waals surface area (Å²) < 4.78 is 1.81. The van der Waals surface area contributed by atoms with E-state index in [0.29, 0.717) is 12.2 Å². The fraction of sp³-hybridized carbons (Fsp3) is 0.158. The van der Waals surface area contributed by atoms with Crippen LogP contribution in [0.3, 0.4) is 0 Å². The number of aromatic nitrogens is 3. The summed E-state index contributed by atoms with van der Waals surface area (Å²) in [4.78, 5) is 20.1. The number of amides is 1. The summed E-state index contributed by atoms with van der Waals surface area (Å²) in [5, 5.41) is 4.85. The van der Waals surface area contributed by atoms with Gasteiger partial charge in [0.05, 0.1) is 5.69 Å². The first-order valence-corrected chi connectivity index (χ1v) is 7.81. The molecule has 0 unspecified atom stereocenters. The molecule has 2 N–H and O–H groups in total. The highest BCUT2D eigenvalue weighted by molar-refractivity contribution is 5.94. The minimum atomic E-state index is -0.136. The Bertz CT molecular complexity index is 1020. The molecule has 0 aliphatic rings. The summed E-state index contributed by atoms with van der Waals surface area (Å²) in [7, 11) is 0. The highest BCUT2D eigenvalue weighted by atomic mass is 16.1. The molecular formula is C19H20N4O. The zero-order valence-corrected chi connectivity index (χ0v) is 13.8. The molecule has 0 aromatic carbocycles. The van der Waals surface area contributed by atoms with E-state index >= 15 is 0 Å². The Morgan fingerprint density at radius 3 is 2.96 bits per heavy atom. The van der Waals surface area contributed by atoms with Gasteiger partial charge in [0.25, 0.3) is 5.91 Å². The number of aromatic amines is 1. The number of fused-ring (bicyclic) bond motifs is 1. The van der Waals surface area contributed by atoms with Crippen LogP contribution in [0.25, 0.3) is 18.3 Å². The van der Waals surface area contributed by atoms with Crippen LogP contribution in [0.2, 0.25) is 0 Å². The summed E-state index contributed by atoms with van der Waals surface area (Å²) in [5.41, 5.74) is 3.07. The number of allylic oxidation sites excluding steroid dienone is 1. The lowest BCUT2D eigenvalue weighted by Crippen LogP contribution is -2.28. The summed E-state index contributed by atoms with van der Waals surface area (Å²) in [6.07, 6.45) is 7.69. The monoisotopic (exact) mass is 320 g/mol. The Hall–Kier alpha value is -3.08. The second-order valence-electron chi connectivity index (χ2n) is 5.58. The maximum atomic E-state index is 12.6. The number of nitrogens with one attached hydrogen (secondary N) is 2. The summed E-state index contributed by atoms with van der Waals surface area (Å²) >= 11 is 0. The van der Waals surface area contributed by atoms with Crippen LogP contribution in [-0.2, 0) is 0 Å². The smallest absolute Gasteiger partial charge is 0.270 e. The van der Waals surface area contributed by atoms with Gasteiger partial charge in [-0.05, 0) is 48.9 Å². The minimum Gasteiger partial charge on any atom is -0.362 e. The lowest BCUT2D eigenvalue weighted by Gasteiger charge is -2.06. The van der Waals surface area contributed by atoms with Crippen molar-refractivity contribution in [2.45, 2.75) is 13.8 Å². The van der Waals surface area contributed by atoms with E-state index in [2.05, 4.69) is 21.9 Å². The van der Waals surface area contributed by atoms with Crippen molar-refractivity contribution in [3.63, 3.8) is 0 Å². The van der Waals surface area contributed by atoms with Gasteiger partial charge >= 0.3 is 0 Å². The largest absolute Gasteiger partial charge is 0.362 e. The number of aryl methyl sites for hydroxylation is 1. The predicted molar refractivity (Wildman–Crippen MR) is 96.0 cm³/mol. The molecule has 0 aliphatic heterocycles. The van der Waals surface area contributed by atoms with E-state index in [1.807, 2.05) is 67.1 Å². The summed E-state index contributed by atoms with van der Waals surface area (Å²) in [5.74, 6) is -0.136. The van der Waals surface area contributed by atoms with Crippen molar-refractivity contribution in [1.82, 2.24) is 19.7 Å². The van der Waals surface area contributed by atoms with Crippen LogP contribution in [-0.4, -0.2) is 26.8 Å². The first-order chi connectivity index (χ1) is 11.6. The number of carbonyl (C=O) groups excluding carboxylic acids is 1. The van der Waals surface area contributed by atoms with Crippen LogP contribution in [0.5, 0.6) is 0 Å². The van der Waals surface area contributed by atoms with Gasteiger partial charge in [-0.3, -0.25) is 9.20 Å². The molecule has 0 radical (unpaired) electrons. The normalized spacial score (nSPS) is 12.8. The fourth-order valence-electron chi connectivity index (χ4n) is 2.64. The highest BCUT2D eigenvalue weighted by Gasteiger charge is 2.15. The van der Waals surface area contributed by atoms with Gasteiger partial charge < -0.3 is 10.3 Å². The molecule has 3 rings (SSSR count). The van der Waals surface area contributed by atoms with E-state index in [4.69, 9.17) is 0 Å². The van der Waals surface area contributed by atoms with Crippen molar-refractivity contribution < 1.29 is 4.79 Å². The first kappa shape index (κ1) is 15.8. The molecule has 5 nitrogen and oxygen atoms in total. The van der Waals surface area contributed by atoms with E-state index < -0.39 is 0 Å². The summed E-state index contributed by atoms with van der Waals surface area (Å²) in [6.45, 7) is 8.18. The third kappa shape index (κ3) is 3.01. The Morgan fingerprint density at radius 1 is 1.42 bits per heavy atom. The van der Waals surface area contributed by atoms with Gasteiger partial charge in [0.15, 0.2) is 0 Å². The fourth-order valence-corrected chi connectivity index (χ4v) is 2.64. The molecule has 24 heavy (non-hydrogen) atoms. The molecule has 0 saturated heterocycles. The average Bonchev–Trinajstić information content (AvgIpc) is 3.13. The van der Waals surface area contributed by atoms with Crippen molar-refractivity contribution in [2.24, 2.45) is 0 Å². The molecule has 5 heteroatoms. The minimum absolute atomic E-state index is 0.136. The van der Waals surface area contributed by atoms with E-state index in [0.717, 1.165) is 27.5 Å². The van der Waals surface area contributed by atoms with Gasteiger partial charge in [-0.1, -0.05) is 18.7 Å². The molecule has 0 saturated carbocycles. The van der Waals surface area contributed by atoms with Crippen LogP contribution in [0, 0.1) is 6.92 Å². The van der Waals surface area contributed by atoms with Crippen LogP contribution < -0.4 is 15.9 Å². The number of nitrogens with zero attached hydrogens (tertiary/aromatic N) is 2.